The zero-order valence-electron chi connectivity index (χ0n) is 18.1. The van der Waals surface area contributed by atoms with Gasteiger partial charge >= 0.3 is 5.97 Å². The van der Waals surface area contributed by atoms with E-state index in [1.807, 2.05) is 19.1 Å². The van der Waals surface area contributed by atoms with Crippen LogP contribution < -0.4 is 4.74 Å². The standard InChI is InChI=1S/C22H23N5O5S/c1-4-32-20-10-9-15(12-24-20)33(30,31)26-13-19(14(2)22(26)23-3)27-18-8-6-5-7-16(18)17(25-27)11-21(28)29/h5-10,12,14,19,22H,4,11,13H2,1-2H3,(H,28,29)/t14-,19-,22-/m0/s1. The predicted octanol–water partition coefficient (Wildman–Crippen LogP) is 2.58. The fraction of sp³-hybridized carbons (Fsp3) is 0.364. The third kappa shape index (κ3) is 4.03. The Bertz CT molecular complexity index is 1330. The molecule has 1 saturated heterocycles. The molecule has 10 nitrogen and oxygen atoms in total. The molecule has 1 fully saturated rings. The second kappa shape index (κ2) is 8.80. The summed E-state index contributed by atoms with van der Waals surface area (Å²) in [5, 5.41) is 14.5. The van der Waals surface area contributed by atoms with Crippen molar-refractivity contribution in [3.05, 3.63) is 59.7 Å². The molecule has 0 radical (unpaired) electrons. The first-order chi connectivity index (χ1) is 15.8. The molecule has 0 spiro atoms. The number of carbonyl (C=O) groups is 1. The first-order valence-electron chi connectivity index (χ1n) is 10.4. The van der Waals surface area contributed by atoms with E-state index in [0.717, 1.165) is 0 Å². The highest BCUT2D eigenvalue weighted by molar-refractivity contribution is 7.89. The summed E-state index contributed by atoms with van der Waals surface area (Å²) in [7, 11) is -4.00. The molecule has 4 rings (SSSR count). The molecule has 33 heavy (non-hydrogen) atoms. The molecule has 172 valence electrons. The Balaban J connectivity index is 1.73. The van der Waals surface area contributed by atoms with Crippen LogP contribution in [0, 0.1) is 12.5 Å². The van der Waals surface area contributed by atoms with Crippen LogP contribution in [0.5, 0.6) is 5.88 Å². The summed E-state index contributed by atoms with van der Waals surface area (Å²) in [5.41, 5.74) is 1.11. The summed E-state index contributed by atoms with van der Waals surface area (Å²) in [5.74, 6) is -1.06. The molecule has 11 heteroatoms. The summed E-state index contributed by atoms with van der Waals surface area (Å²) in [6.45, 7) is 11.7. The summed E-state index contributed by atoms with van der Waals surface area (Å²) >= 11 is 0. The van der Waals surface area contributed by atoms with Crippen molar-refractivity contribution in [3.8, 4) is 5.88 Å². The van der Waals surface area contributed by atoms with Gasteiger partial charge in [-0.1, -0.05) is 25.1 Å². The minimum Gasteiger partial charge on any atom is -0.481 e. The van der Waals surface area contributed by atoms with Gasteiger partial charge in [-0.25, -0.2) is 20.0 Å². The van der Waals surface area contributed by atoms with E-state index >= 15 is 0 Å². The monoisotopic (exact) mass is 469 g/mol. The van der Waals surface area contributed by atoms with Crippen molar-refractivity contribution in [3.63, 3.8) is 0 Å². The van der Waals surface area contributed by atoms with Gasteiger partial charge < -0.3 is 9.84 Å². The third-order valence-electron chi connectivity index (χ3n) is 5.80. The largest absolute Gasteiger partial charge is 0.481 e. The highest BCUT2D eigenvalue weighted by atomic mass is 32.2. The maximum atomic E-state index is 13.4. The number of fused-ring (bicyclic) bond motifs is 1. The maximum Gasteiger partial charge on any atom is 0.309 e. The SMILES string of the molecule is [C-]#[N+][C@@H]1[C@@H](C)[C@@H](n2nc(CC(=O)O)c3ccccc32)CN1S(=O)(=O)c1ccc(OCC)nc1. The Kier molecular flexibility index (Phi) is 6.05. The molecule has 1 aromatic carbocycles. The zero-order chi connectivity index (χ0) is 23.8. The van der Waals surface area contributed by atoms with Crippen LogP contribution in [0.2, 0.25) is 0 Å². The molecule has 1 aliphatic heterocycles. The van der Waals surface area contributed by atoms with E-state index in [9.17, 15) is 18.3 Å². The van der Waals surface area contributed by atoms with Crippen molar-refractivity contribution < 1.29 is 23.1 Å². The van der Waals surface area contributed by atoms with E-state index in [4.69, 9.17) is 11.3 Å². The van der Waals surface area contributed by atoms with Crippen molar-refractivity contribution in [2.24, 2.45) is 5.92 Å². The second-order valence-electron chi connectivity index (χ2n) is 7.79. The molecule has 0 bridgehead atoms. The second-order valence-corrected chi connectivity index (χ2v) is 9.68. The van der Waals surface area contributed by atoms with Crippen LogP contribution in [0.4, 0.5) is 0 Å². The summed E-state index contributed by atoms with van der Waals surface area (Å²) < 4.78 is 34.9. The first kappa shape index (κ1) is 22.7. The van der Waals surface area contributed by atoms with E-state index in [2.05, 4.69) is 14.9 Å². The van der Waals surface area contributed by atoms with E-state index in [1.54, 1.807) is 23.7 Å². The topological polar surface area (TPSA) is 119 Å². The number of rotatable bonds is 7. The van der Waals surface area contributed by atoms with Gasteiger partial charge in [0.1, 0.15) is 4.90 Å². The number of nitrogens with zero attached hydrogens (tertiary/aromatic N) is 5. The smallest absolute Gasteiger partial charge is 0.309 e. The van der Waals surface area contributed by atoms with Crippen LogP contribution in [0.15, 0.2) is 47.5 Å². The quantitative estimate of drug-likeness (QED) is 0.528. The van der Waals surface area contributed by atoms with Gasteiger partial charge in [0, 0.05) is 18.0 Å². The lowest BCUT2D eigenvalue weighted by atomic mass is 10.0. The van der Waals surface area contributed by atoms with Crippen LogP contribution >= 0.6 is 0 Å². The number of carboxylic acids is 1. The minimum absolute atomic E-state index is 0.0238. The molecule has 0 amide bonds. The Hall–Kier alpha value is -3.49. The van der Waals surface area contributed by atoms with Gasteiger partial charge in [0.15, 0.2) is 0 Å². The molecule has 1 aliphatic rings. The Morgan fingerprint density at radius 3 is 2.70 bits per heavy atom. The minimum atomic E-state index is -4.00. The van der Waals surface area contributed by atoms with Crippen molar-refractivity contribution in [2.75, 3.05) is 13.2 Å². The zero-order valence-corrected chi connectivity index (χ0v) is 18.9. The van der Waals surface area contributed by atoms with E-state index in [1.165, 1.54) is 22.6 Å². The lowest BCUT2D eigenvalue weighted by Crippen LogP contribution is -2.35. The van der Waals surface area contributed by atoms with Gasteiger partial charge in [-0.3, -0.25) is 14.3 Å². The lowest BCUT2D eigenvalue weighted by molar-refractivity contribution is -0.136. The number of hydrogen-bond donors (Lipinski definition) is 1. The summed E-state index contributed by atoms with van der Waals surface area (Å²) in [6, 6.07) is 9.69. The molecule has 3 aromatic rings. The van der Waals surface area contributed by atoms with Crippen molar-refractivity contribution >= 4 is 26.9 Å². The number of benzene rings is 1. The van der Waals surface area contributed by atoms with Crippen LogP contribution in [0.1, 0.15) is 25.6 Å². The third-order valence-corrected chi connectivity index (χ3v) is 7.62. The number of sulfonamides is 1. The average molecular weight is 470 g/mol. The number of para-hydroxylation sites is 1. The lowest BCUT2D eigenvalue weighted by Gasteiger charge is -2.17. The molecule has 0 unspecified atom stereocenters. The number of pyridine rings is 1. The van der Waals surface area contributed by atoms with Crippen LogP contribution in [-0.4, -0.2) is 57.9 Å². The number of carboxylic acid groups (broad SMARTS) is 1. The number of ether oxygens (including phenoxy) is 1. The van der Waals surface area contributed by atoms with Crippen molar-refractivity contribution in [1.29, 1.82) is 0 Å². The Morgan fingerprint density at radius 2 is 2.06 bits per heavy atom. The van der Waals surface area contributed by atoms with Gasteiger partial charge in [0.25, 0.3) is 16.2 Å². The number of hydrogen-bond acceptors (Lipinski definition) is 6. The molecule has 3 heterocycles. The first-order valence-corrected chi connectivity index (χ1v) is 11.9. The fourth-order valence-corrected chi connectivity index (χ4v) is 5.78. The highest BCUT2D eigenvalue weighted by Gasteiger charge is 2.51. The molecule has 2 aromatic heterocycles. The molecular formula is C22H23N5O5S. The Labute approximate surface area is 191 Å². The van der Waals surface area contributed by atoms with E-state index in [-0.39, 0.29) is 23.8 Å². The molecule has 0 aliphatic carbocycles. The molecular weight excluding hydrogens is 446 g/mol. The number of aromatic nitrogens is 3. The molecule has 3 atom stereocenters. The van der Waals surface area contributed by atoms with Crippen LogP contribution in [0.25, 0.3) is 15.7 Å². The van der Waals surface area contributed by atoms with E-state index in [0.29, 0.717) is 29.1 Å². The average Bonchev–Trinajstić information content (AvgIpc) is 3.31. The normalized spacial score (nSPS) is 21.2. The van der Waals surface area contributed by atoms with Gasteiger partial charge in [0.05, 0.1) is 42.4 Å². The Morgan fingerprint density at radius 1 is 1.30 bits per heavy atom. The maximum absolute atomic E-state index is 13.4. The van der Waals surface area contributed by atoms with Crippen molar-refractivity contribution in [2.45, 2.75) is 37.4 Å². The number of aliphatic carboxylic acids is 1. The summed E-state index contributed by atoms with van der Waals surface area (Å²) in [6.07, 6.45) is 0.0476. The van der Waals surface area contributed by atoms with Crippen LogP contribution in [-0.2, 0) is 21.2 Å². The highest BCUT2D eigenvalue weighted by Crippen LogP contribution is 2.39. The van der Waals surface area contributed by atoms with Gasteiger partial charge in [-0.2, -0.15) is 5.10 Å². The molecule has 1 N–H and O–H groups in total. The van der Waals surface area contributed by atoms with E-state index < -0.39 is 28.2 Å². The summed E-state index contributed by atoms with van der Waals surface area (Å²) in [4.78, 5) is 19.0. The fourth-order valence-electron chi connectivity index (χ4n) is 4.21. The van der Waals surface area contributed by atoms with Crippen molar-refractivity contribution in [1.82, 2.24) is 19.1 Å². The van der Waals surface area contributed by atoms with Gasteiger partial charge in [-0.05, 0) is 19.1 Å². The molecule has 0 saturated carbocycles. The van der Waals surface area contributed by atoms with Crippen LogP contribution in [0.3, 0.4) is 0 Å². The van der Waals surface area contributed by atoms with Gasteiger partial charge in [0.2, 0.25) is 5.88 Å². The van der Waals surface area contributed by atoms with Gasteiger partial charge in [-0.15, -0.1) is 4.31 Å². The predicted molar refractivity (Wildman–Crippen MR) is 119 cm³/mol.